The lowest BCUT2D eigenvalue weighted by molar-refractivity contribution is 0.214. The molecule has 0 aliphatic heterocycles. The van der Waals surface area contributed by atoms with E-state index in [-0.39, 0.29) is 0 Å². The number of aliphatic hydroxyl groups excluding tert-OH is 1. The fraction of sp³-hybridized carbons (Fsp3) is 0.200. The number of benzene rings is 2. The third-order valence-corrected chi connectivity index (χ3v) is 4.20. The smallest absolute Gasteiger partial charge is 0.142 e. The molecule has 0 aliphatic carbocycles. The van der Waals surface area contributed by atoms with Gasteiger partial charge >= 0.3 is 0 Å². The van der Waals surface area contributed by atoms with Crippen LogP contribution in [0.25, 0.3) is 0 Å². The van der Waals surface area contributed by atoms with Crippen LogP contribution in [-0.4, -0.2) is 19.3 Å². The van der Waals surface area contributed by atoms with E-state index in [0.717, 1.165) is 0 Å². The van der Waals surface area contributed by atoms with Crippen LogP contribution in [0, 0.1) is 0 Å². The summed E-state index contributed by atoms with van der Waals surface area (Å²) in [6.07, 6.45) is -0.918. The summed E-state index contributed by atoms with van der Waals surface area (Å²) in [7, 11) is 3.09. The fourth-order valence-corrected chi connectivity index (χ4v) is 3.27. The molecule has 0 saturated heterocycles. The average Bonchev–Trinajstić information content (AvgIpc) is 2.45. The van der Waals surface area contributed by atoms with E-state index in [9.17, 15) is 5.11 Å². The molecule has 0 bridgehead atoms. The first-order chi connectivity index (χ1) is 9.97. The molecule has 1 atom stereocenters. The van der Waals surface area contributed by atoms with E-state index >= 15 is 0 Å². The predicted molar refractivity (Wildman–Crippen MR) is 87.8 cm³/mol. The zero-order valence-electron chi connectivity index (χ0n) is 11.4. The first-order valence-electron chi connectivity index (χ1n) is 6.02. The Balaban J connectivity index is 2.52. The highest BCUT2D eigenvalue weighted by Crippen LogP contribution is 2.41. The number of ether oxygens (including phenoxy) is 2. The summed E-state index contributed by atoms with van der Waals surface area (Å²) in [6.45, 7) is 0. The molecule has 0 amide bonds. The number of hydrogen-bond donors (Lipinski definition) is 1. The van der Waals surface area contributed by atoms with E-state index in [4.69, 9.17) is 32.7 Å². The van der Waals surface area contributed by atoms with Crippen LogP contribution in [0.15, 0.2) is 34.8 Å². The molecule has 0 aliphatic rings. The molecular weight excluding hydrogens is 379 g/mol. The summed E-state index contributed by atoms with van der Waals surface area (Å²) < 4.78 is 11.2. The van der Waals surface area contributed by atoms with Crippen molar-refractivity contribution >= 4 is 39.1 Å². The van der Waals surface area contributed by atoms with Gasteiger partial charge in [-0.1, -0.05) is 23.2 Å². The molecule has 0 aromatic heterocycles. The van der Waals surface area contributed by atoms with Gasteiger partial charge in [-0.25, -0.2) is 0 Å². The standard InChI is InChI=1S/C15H13BrCl2O3/c1-20-12-4-3-11(15(21-2)13(12)16)14(19)8-5-9(17)7-10(18)6-8/h3-7,14,19H,1-2H3. The van der Waals surface area contributed by atoms with Crippen molar-refractivity contribution < 1.29 is 14.6 Å². The SMILES string of the molecule is COc1ccc(C(O)c2cc(Cl)cc(Cl)c2)c(OC)c1Br. The summed E-state index contributed by atoms with van der Waals surface area (Å²) in [5, 5.41) is 11.5. The zero-order chi connectivity index (χ0) is 15.6. The topological polar surface area (TPSA) is 38.7 Å². The van der Waals surface area contributed by atoms with Crippen LogP contribution in [-0.2, 0) is 0 Å². The van der Waals surface area contributed by atoms with Crippen LogP contribution < -0.4 is 9.47 Å². The molecule has 112 valence electrons. The van der Waals surface area contributed by atoms with Crippen molar-refractivity contribution in [2.75, 3.05) is 14.2 Å². The minimum atomic E-state index is -0.918. The lowest BCUT2D eigenvalue weighted by Gasteiger charge is -2.18. The maximum absolute atomic E-state index is 10.6. The number of methoxy groups -OCH3 is 2. The Morgan fingerprint density at radius 1 is 1.05 bits per heavy atom. The van der Waals surface area contributed by atoms with Gasteiger partial charge in [0.1, 0.15) is 22.1 Å². The van der Waals surface area contributed by atoms with Crippen molar-refractivity contribution in [1.29, 1.82) is 0 Å². The number of rotatable bonds is 4. The Hall–Kier alpha value is -0.940. The van der Waals surface area contributed by atoms with Gasteiger partial charge in [-0.3, -0.25) is 0 Å². The second-order valence-corrected chi connectivity index (χ2v) is 5.98. The fourth-order valence-electron chi connectivity index (χ4n) is 2.05. The van der Waals surface area contributed by atoms with Crippen LogP contribution in [0.2, 0.25) is 10.0 Å². The Morgan fingerprint density at radius 3 is 2.19 bits per heavy atom. The van der Waals surface area contributed by atoms with Crippen LogP contribution in [0.1, 0.15) is 17.2 Å². The van der Waals surface area contributed by atoms with E-state index < -0.39 is 6.10 Å². The van der Waals surface area contributed by atoms with Crippen LogP contribution in [0.3, 0.4) is 0 Å². The largest absolute Gasteiger partial charge is 0.495 e. The van der Waals surface area contributed by atoms with Gasteiger partial charge in [0.25, 0.3) is 0 Å². The summed E-state index contributed by atoms with van der Waals surface area (Å²) in [6, 6.07) is 8.42. The monoisotopic (exact) mass is 390 g/mol. The second-order valence-electron chi connectivity index (χ2n) is 4.31. The van der Waals surface area contributed by atoms with Crippen LogP contribution >= 0.6 is 39.1 Å². The summed E-state index contributed by atoms with van der Waals surface area (Å²) in [5.74, 6) is 1.12. The summed E-state index contributed by atoms with van der Waals surface area (Å²) >= 11 is 15.4. The molecule has 2 rings (SSSR count). The highest BCUT2D eigenvalue weighted by molar-refractivity contribution is 9.10. The lowest BCUT2D eigenvalue weighted by Crippen LogP contribution is -2.04. The molecule has 0 radical (unpaired) electrons. The molecule has 0 saturated carbocycles. The first kappa shape index (κ1) is 16.4. The molecule has 0 spiro atoms. The van der Waals surface area contributed by atoms with Gasteiger partial charge in [0.15, 0.2) is 0 Å². The van der Waals surface area contributed by atoms with E-state index in [1.165, 1.54) is 7.11 Å². The Bertz CT molecular complexity index is 641. The number of hydrogen-bond acceptors (Lipinski definition) is 3. The molecule has 1 N–H and O–H groups in total. The van der Waals surface area contributed by atoms with Gasteiger partial charge in [-0.05, 0) is 51.8 Å². The molecule has 2 aromatic rings. The van der Waals surface area contributed by atoms with Gasteiger partial charge in [-0.2, -0.15) is 0 Å². The van der Waals surface area contributed by atoms with Crippen LogP contribution in [0.4, 0.5) is 0 Å². The van der Waals surface area contributed by atoms with Crippen molar-refractivity contribution in [2.45, 2.75) is 6.10 Å². The third kappa shape index (κ3) is 3.46. The van der Waals surface area contributed by atoms with Crippen molar-refractivity contribution in [1.82, 2.24) is 0 Å². The van der Waals surface area contributed by atoms with E-state index in [1.54, 1.807) is 37.4 Å². The van der Waals surface area contributed by atoms with E-state index in [0.29, 0.717) is 37.1 Å². The van der Waals surface area contributed by atoms with Crippen molar-refractivity contribution in [3.8, 4) is 11.5 Å². The summed E-state index contributed by atoms with van der Waals surface area (Å²) in [5.41, 5.74) is 1.17. The molecule has 0 heterocycles. The van der Waals surface area contributed by atoms with E-state index in [2.05, 4.69) is 15.9 Å². The molecular formula is C15H13BrCl2O3. The Kier molecular flexibility index (Phi) is 5.38. The first-order valence-corrected chi connectivity index (χ1v) is 7.57. The van der Waals surface area contributed by atoms with Gasteiger partial charge in [0, 0.05) is 15.6 Å². The van der Waals surface area contributed by atoms with Gasteiger partial charge in [-0.15, -0.1) is 0 Å². The van der Waals surface area contributed by atoms with Gasteiger partial charge < -0.3 is 14.6 Å². The Morgan fingerprint density at radius 2 is 1.67 bits per heavy atom. The Labute approximate surface area is 141 Å². The maximum Gasteiger partial charge on any atom is 0.142 e. The molecule has 1 unspecified atom stereocenters. The minimum Gasteiger partial charge on any atom is -0.495 e. The molecule has 2 aromatic carbocycles. The lowest BCUT2D eigenvalue weighted by atomic mass is 10.0. The zero-order valence-corrected chi connectivity index (χ0v) is 14.5. The number of halogens is 3. The number of aliphatic hydroxyl groups is 1. The molecule has 6 heteroatoms. The minimum absolute atomic E-state index is 0.461. The predicted octanol–water partition coefficient (Wildman–Crippen LogP) is 4.85. The van der Waals surface area contributed by atoms with Gasteiger partial charge in [0.2, 0.25) is 0 Å². The van der Waals surface area contributed by atoms with Crippen molar-refractivity contribution in [2.24, 2.45) is 0 Å². The van der Waals surface area contributed by atoms with Crippen molar-refractivity contribution in [3.63, 3.8) is 0 Å². The van der Waals surface area contributed by atoms with Crippen LogP contribution in [0.5, 0.6) is 11.5 Å². The molecule has 21 heavy (non-hydrogen) atoms. The molecule has 0 fully saturated rings. The normalized spacial score (nSPS) is 12.1. The molecule has 3 nitrogen and oxygen atoms in total. The van der Waals surface area contributed by atoms with E-state index in [1.807, 2.05) is 0 Å². The van der Waals surface area contributed by atoms with Crippen molar-refractivity contribution in [3.05, 3.63) is 56.0 Å². The highest BCUT2D eigenvalue weighted by Gasteiger charge is 2.20. The van der Waals surface area contributed by atoms with Gasteiger partial charge in [0.05, 0.1) is 14.2 Å². The average molecular weight is 392 g/mol. The highest BCUT2D eigenvalue weighted by atomic mass is 79.9. The second kappa shape index (κ2) is 6.88. The summed E-state index contributed by atoms with van der Waals surface area (Å²) in [4.78, 5) is 0. The maximum atomic E-state index is 10.6. The third-order valence-electron chi connectivity index (χ3n) is 3.01. The quantitative estimate of drug-likeness (QED) is 0.809.